The van der Waals surface area contributed by atoms with Crippen molar-refractivity contribution in [2.24, 2.45) is 11.8 Å². The van der Waals surface area contributed by atoms with Gasteiger partial charge >= 0.3 is 0 Å². The van der Waals surface area contributed by atoms with Crippen molar-refractivity contribution >= 4 is 44.7 Å². The largest absolute Gasteiger partial charge is 0.487 e. The van der Waals surface area contributed by atoms with Crippen molar-refractivity contribution < 1.29 is 14.3 Å². The van der Waals surface area contributed by atoms with Crippen LogP contribution in [-0.4, -0.2) is 37.8 Å². The summed E-state index contributed by atoms with van der Waals surface area (Å²) in [4.78, 5) is 41.4. The third kappa shape index (κ3) is 6.51. The molecule has 2 heterocycles. The first kappa shape index (κ1) is 34.8. The predicted molar refractivity (Wildman–Crippen MR) is 212 cm³/mol. The molecule has 1 fully saturated rings. The van der Waals surface area contributed by atoms with Crippen molar-refractivity contribution in [1.82, 2.24) is 20.2 Å². The van der Waals surface area contributed by atoms with Crippen molar-refractivity contribution in [3.63, 3.8) is 0 Å². The molecule has 1 saturated carbocycles. The van der Waals surface area contributed by atoms with Crippen LogP contribution in [0.2, 0.25) is 0 Å². The molecule has 0 spiro atoms. The Bertz CT molecular complexity index is 2350. The molecule has 1 aliphatic heterocycles. The van der Waals surface area contributed by atoms with Crippen LogP contribution in [0, 0.1) is 11.8 Å². The second kappa shape index (κ2) is 13.3. The maximum absolute atomic E-state index is 14.9. The number of carbonyl (C=O) groups excluding carboxylic acids is 2. The monoisotopic (exact) mass is 704 g/mol. The van der Waals surface area contributed by atoms with E-state index in [1.165, 1.54) is 6.42 Å². The lowest BCUT2D eigenvalue weighted by Gasteiger charge is -2.49. The predicted octanol–water partition coefficient (Wildman–Crippen LogP) is 9.93. The van der Waals surface area contributed by atoms with E-state index in [9.17, 15) is 9.59 Å². The molecule has 1 N–H and O–H groups in total. The lowest BCUT2D eigenvalue weighted by molar-refractivity contribution is -0.127. The normalized spacial score (nSPS) is 19.9. The van der Waals surface area contributed by atoms with Crippen molar-refractivity contribution in [3.05, 3.63) is 125 Å². The van der Waals surface area contributed by atoms with E-state index < -0.39 is 11.6 Å². The van der Waals surface area contributed by atoms with Gasteiger partial charge in [-0.05, 0) is 88.6 Å². The third-order valence-corrected chi connectivity index (χ3v) is 11.2. The summed E-state index contributed by atoms with van der Waals surface area (Å²) >= 11 is 0. The molecule has 270 valence electrons. The molecule has 0 radical (unpaired) electrons. The van der Waals surface area contributed by atoms with Crippen molar-refractivity contribution in [1.29, 1.82) is 0 Å². The quantitative estimate of drug-likeness (QED) is 0.138. The Kier molecular flexibility index (Phi) is 8.71. The second-order valence-electron chi connectivity index (χ2n) is 16.7. The number of aromatic nitrogens is 2. The fourth-order valence-corrected chi connectivity index (χ4v) is 8.80. The topological polar surface area (TPSA) is 84.4 Å². The summed E-state index contributed by atoms with van der Waals surface area (Å²) < 4.78 is 6.97. The van der Waals surface area contributed by atoms with Gasteiger partial charge in [0, 0.05) is 39.9 Å². The SMILES string of the molecule is CC1CCC2C(C1)c1c(c3ccccc3c3nc4ccc(C(=O)N(Cc5ccccc5)C(C(=O)NC(C)(C)C)c5ccccc5)cc4nc13)OC2(C)C. The van der Waals surface area contributed by atoms with Crippen LogP contribution in [0.1, 0.15) is 99.8 Å². The van der Waals surface area contributed by atoms with E-state index in [4.69, 9.17) is 14.7 Å². The zero-order valence-corrected chi connectivity index (χ0v) is 31.5. The number of nitrogens with zero attached hydrogens (tertiary/aromatic N) is 3. The van der Waals surface area contributed by atoms with E-state index in [1.807, 2.05) is 106 Å². The molecule has 1 aromatic heterocycles. The van der Waals surface area contributed by atoms with Gasteiger partial charge in [-0.2, -0.15) is 0 Å². The highest BCUT2D eigenvalue weighted by Crippen LogP contribution is 2.56. The molecule has 7 nitrogen and oxygen atoms in total. The molecule has 1 aliphatic carbocycles. The van der Waals surface area contributed by atoms with E-state index in [-0.39, 0.29) is 29.9 Å². The molecule has 0 saturated heterocycles. The fraction of sp³-hybridized carbons (Fsp3) is 0.348. The van der Waals surface area contributed by atoms with E-state index in [0.29, 0.717) is 28.4 Å². The number of rotatable bonds is 6. The molecule has 5 aromatic carbocycles. The molecular weight excluding hydrogens is 657 g/mol. The summed E-state index contributed by atoms with van der Waals surface area (Å²) in [5.74, 6) is 1.66. The van der Waals surface area contributed by atoms with E-state index >= 15 is 0 Å². The fourth-order valence-electron chi connectivity index (χ4n) is 8.80. The maximum atomic E-state index is 14.9. The van der Waals surface area contributed by atoms with Gasteiger partial charge in [0.25, 0.3) is 5.91 Å². The van der Waals surface area contributed by atoms with Crippen molar-refractivity contribution in [2.45, 2.75) is 90.4 Å². The summed E-state index contributed by atoms with van der Waals surface area (Å²) in [6.45, 7) is 12.9. The van der Waals surface area contributed by atoms with Crippen LogP contribution >= 0.6 is 0 Å². The molecule has 4 unspecified atom stereocenters. The van der Waals surface area contributed by atoms with E-state index in [1.54, 1.807) is 4.90 Å². The van der Waals surface area contributed by atoms with Gasteiger partial charge in [0.15, 0.2) is 0 Å². The highest BCUT2D eigenvalue weighted by atomic mass is 16.5. The van der Waals surface area contributed by atoms with Crippen LogP contribution in [0.4, 0.5) is 0 Å². The molecular formula is C46H48N4O3. The highest BCUT2D eigenvalue weighted by Gasteiger charge is 2.47. The number of amides is 2. The maximum Gasteiger partial charge on any atom is 0.255 e. The molecule has 0 bridgehead atoms. The Labute approximate surface area is 311 Å². The van der Waals surface area contributed by atoms with Gasteiger partial charge in [-0.1, -0.05) is 98.3 Å². The molecule has 2 amide bonds. The number of hydrogen-bond acceptors (Lipinski definition) is 5. The minimum Gasteiger partial charge on any atom is -0.487 e. The third-order valence-electron chi connectivity index (χ3n) is 11.2. The number of hydrogen-bond donors (Lipinski definition) is 1. The molecule has 7 heteroatoms. The van der Waals surface area contributed by atoms with Gasteiger partial charge in [-0.3, -0.25) is 9.59 Å². The number of fused-ring (bicyclic) bond motifs is 9. The van der Waals surface area contributed by atoms with E-state index in [2.05, 4.69) is 44.3 Å². The molecule has 53 heavy (non-hydrogen) atoms. The number of benzene rings is 5. The summed E-state index contributed by atoms with van der Waals surface area (Å²) in [6, 6.07) is 32.4. The highest BCUT2D eigenvalue weighted by molar-refractivity contribution is 6.11. The Morgan fingerprint density at radius 2 is 1.51 bits per heavy atom. The molecule has 8 rings (SSSR count). The Balaban J connectivity index is 1.30. The Hall–Kier alpha value is -5.30. The average molecular weight is 705 g/mol. The van der Waals surface area contributed by atoms with Gasteiger partial charge < -0.3 is 15.0 Å². The van der Waals surface area contributed by atoms with Crippen LogP contribution < -0.4 is 10.1 Å². The minimum absolute atomic E-state index is 0.239. The van der Waals surface area contributed by atoms with Gasteiger partial charge in [0.1, 0.15) is 17.4 Å². The lowest BCUT2D eigenvalue weighted by Crippen LogP contribution is -2.49. The first-order valence-corrected chi connectivity index (χ1v) is 18.9. The van der Waals surface area contributed by atoms with Gasteiger partial charge in [-0.15, -0.1) is 0 Å². The standard InChI is InChI=1S/C46H48N4O3/c1-28-21-23-35-34(25-28)38-40-39(32-19-13-14-20-33(32)42(38)53-46(35,5)6)47-36-24-22-31(26-37(36)48-40)44(52)50(27-29-15-9-7-10-16-29)41(30-17-11-8-12-18-30)43(51)49-45(2,3)4/h7-20,22,24,26,28,34-35,41H,21,23,25,27H2,1-6H3,(H,49,51). The van der Waals surface area contributed by atoms with Crippen LogP contribution in [-0.2, 0) is 11.3 Å². The average Bonchev–Trinajstić information content (AvgIpc) is 3.13. The van der Waals surface area contributed by atoms with Crippen LogP contribution in [0.5, 0.6) is 5.75 Å². The Morgan fingerprint density at radius 1 is 0.849 bits per heavy atom. The molecule has 6 aromatic rings. The Morgan fingerprint density at radius 3 is 2.23 bits per heavy atom. The molecule has 4 atom stereocenters. The smallest absolute Gasteiger partial charge is 0.255 e. The summed E-state index contributed by atoms with van der Waals surface area (Å²) in [7, 11) is 0. The van der Waals surface area contributed by atoms with Gasteiger partial charge in [0.05, 0.1) is 22.1 Å². The van der Waals surface area contributed by atoms with Crippen molar-refractivity contribution in [2.75, 3.05) is 0 Å². The summed E-state index contributed by atoms with van der Waals surface area (Å²) in [5, 5.41) is 5.23. The van der Waals surface area contributed by atoms with E-state index in [0.717, 1.165) is 57.1 Å². The number of carbonyl (C=O) groups is 2. The number of nitrogens with one attached hydrogen (secondary N) is 1. The first-order chi connectivity index (χ1) is 25.4. The van der Waals surface area contributed by atoms with Gasteiger partial charge in [0.2, 0.25) is 5.91 Å². The van der Waals surface area contributed by atoms with Crippen LogP contribution in [0.25, 0.3) is 32.8 Å². The zero-order chi connectivity index (χ0) is 37.1. The van der Waals surface area contributed by atoms with Crippen LogP contribution in [0.15, 0.2) is 103 Å². The summed E-state index contributed by atoms with van der Waals surface area (Å²) in [6.07, 6.45) is 3.36. The van der Waals surface area contributed by atoms with Gasteiger partial charge in [-0.25, -0.2) is 9.97 Å². The zero-order valence-electron chi connectivity index (χ0n) is 31.5. The first-order valence-electron chi connectivity index (χ1n) is 18.9. The minimum atomic E-state index is -0.870. The number of ether oxygens (including phenoxy) is 1. The molecule has 2 aliphatic rings. The summed E-state index contributed by atoms with van der Waals surface area (Å²) in [5.41, 5.74) is 5.51. The van der Waals surface area contributed by atoms with Crippen molar-refractivity contribution in [3.8, 4) is 5.75 Å². The van der Waals surface area contributed by atoms with Crippen LogP contribution in [0.3, 0.4) is 0 Å². The second-order valence-corrected chi connectivity index (χ2v) is 16.7. The lowest BCUT2D eigenvalue weighted by atomic mass is 9.64.